The Kier molecular flexibility index (Phi) is 3.06. The first-order valence-corrected chi connectivity index (χ1v) is 5.32. The maximum atomic E-state index is 11.8. The fraction of sp³-hybridized carbons (Fsp3) is 0.167. The van der Waals surface area contributed by atoms with Crippen molar-refractivity contribution in [2.75, 3.05) is 0 Å². The molecule has 1 aromatic heterocycles. The molecule has 82 valence electrons. The first kappa shape index (κ1) is 10.9. The number of halogens is 1. The van der Waals surface area contributed by atoms with Gasteiger partial charge in [-0.3, -0.25) is 4.79 Å². The van der Waals surface area contributed by atoms with Crippen LogP contribution in [-0.4, -0.2) is 9.78 Å². The van der Waals surface area contributed by atoms with Crippen molar-refractivity contribution >= 4 is 11.6 Å². The molecule has 2 rings (SSSR count). The molecule has 0 aliphatic carbocycles. The van der Waals surface area contributed by atoms with E-state index in [4.69, 9.17) is 11.6 Å². The maximum absolute atomic E-state index is 11.8. The Morgan fingerprint density at radius 1 is 1.31 bits per heavy atom. The second kappa shape index (κ2) is 4.49. The highest BCUT2D eigenvalue weighted by Gasteiger charge is 2.05. The largest absolute Gasteiger partial charge is 0.271 e. The second-order valence-electron chi connectivity index (χ2n) is 3.57. The monoisotopic (exact) mass is 234 g/mol. The number of benzene rings is 1. The Morgan fingerprint density at radius 3 is 2.69 bits per heavy atom. The van der Waals surface area contributed by atoms with Gasteiger partial charge in [-0.05, 0) is 12.5 Å². The van der Waals surface area contributed by atoms with Gasteiger partial charge in [0.1, 0.15) is 0 Å². The number of hydrogen-bond acceptors (Lipinski definition) is 2. The van der Waals surface area contributed by atoms with Crippen LogP contribution >= 0.6 is 11.6 Å². The van der Waals surface area contributed by atoms with Crippen molar-refractivity contribution in [1.82, 2.24) is 9.78 Å². The minimum Gasteiger partial charge on any atom is -0.267 e. The van der Waals surface area contributed by atoms with E-state index in [2.05, 4.69) is 5.10 Å². The molecule has 0 fully saturated rings. The van der Waals surface area contributed by atoms with Crippen LogP contribution in [-0.2, 0) is 6.54 Å². The van der Waals surface area contributed by atoms with Gasteiger partial charge in [0.15, 0.2) is 0 Å². The summed E-state index contributed by atoms with van der Waals surface area (Å²) in [4.78, 5) is 11.8. The summed E-state index contributed by atoms with van der Waals surface area (Å²) in [5, 5.41) is 4.42. The molecule has 0 aliphatic heterocycles. The van der Waals surface area contributed by atoms with Gasteiger partial charge in [0.2, 0.25) is 0 Å². The van der Waals surface area contributed by atoms with Crippen LogP contribution in [0.1, 0.15) is 11.1 Å². The summed E-state index contributed by atoms with van der Waals surface area (Å²) in [5.74, 6) is 0. The topological polar surface area (TPSA) is 34.9 Å². The van der Waals surface area contributed by atoms with Gasteiger partial charge >= 0.3 is 0 Å². The summed E-state index contributed by atoms with van der Waals surface area (Å²) >= 11 is 5.81. The van der Waals surface area contributed by atoms with Gasteiger partial charge in [0.25, 0.3) is 5.56 Å². The van der Waals surface area contributed by atoms with E-state index < -0.39 is 0 Å². The molecule has 0 aliphatic rings. The van der Waals surface area contributed by atoms with Crippen LogP contribution in [0.2, 0.25) is 5.02 Å². The summed E-state index contributed by atoms with van der Waals surface area (Å²) < 4.78 is 1.41. The number of nitrogens with zero attached hydrogens (tertiary/aromatic N) is 2. The molecule has 2 aromatic rings. The van der Waals surface area contributed by atoms with E-state index in [0.717, 1.165) is 5.56 Å². The van der Waals surface area contributed by atoms with Gasteiger partial charge in [0.05, 0.1) is 17.8 Å². The normalized spacial score (nSPS) is 10.4. The third-order valence-corrected chi connectivity index (χ3v) is 2.78. The van der Waals surface area contributed by atoms with Crippen LogP contribution < -0.4 is 5.56 Å². The summed E-state index contributed by atoms with van der Waals surface area (Å²) in [6.07, 6.45) is 1.50. The average molecular weight is 235 g/mol. The predicted octanol–water partition coefficient (Wildman–Crippen LogP) is 2.25. The molecule has 0 spiro atoms. The molecule has 0 radical (unpaired) electrons. The van der Waals surface area contributed by atoms with E-state index in [1.54, 1.807) is 6.92 Å². The lowest BCUT2D eigenvalue weighted by atomic mass is 10.2. The number of hydrogen-bond donors (Lipinski definition) is 0. The van der Waals surface area contributed by atoms with Crippen molar-refractivity contribution < 1.29 is 0 Å². The molecule has 0 bridgehead atoms. The quantitative estimate of drug-likeness (QED) is 0.799. The zero-order valence-corrected chi connectivity index (χ0v) is 9.61. The molecule has 3 nitrogen and oxygen atoms in total. The summed E-state index contributed by atoms with van der Waals surface area (Å²) in [5.41, 5.74) is 1.43. The van der Waals surface area contributed by atoms with E-state index in [0.29, 0.717) is 17.1 Å². The average Bonchev–Trinajstić information content (AvgIpc) is 2.31. The van der Waals surface area contributed by atoms with Crippen LogP contribution in [0, 0.1) is 6.92 Å². The van der Waals surface area contributed by atoms with Crippen molar-refractivity contribution in [2.45, 2.75) is 13.5 Å². The smallest absolute Gasteiger partial charge is 0.267 e. The molecule has 0 unspecified atom stereocenters. The lowest BCUT2D eigenvalue weighted by molar-refractivity contribution is 0.634. The van der Waals surface area contributed by atoms with E-state index >= 15 is 0 Å². The summed E-state index contributed by atoms with van der Waals surface area (Å²) in [6, 6.07) is 9.72. The molecule has 0 atom stereocenters. The van der Waals surface area contributed by atoms with Gasteiger partial charge in [0, 0.05) is 5.56 Å². The van der Waals surface area contributed by atoms with Crippen LogP contribution in [0.3, 0.4) is 0 Å². The molecule has 1 heterocycles. The minimum atomic E-state index is -0.142. The summed E-state index contributed by atoms with van der Waals surface area (Å²) in [7, 11) is 0. The van der Waals surface area contributed by atoms with Crippen LogP contribution in [0.25, 0.3) is 0 Å². The number of aromatic nitrogens is 2. The van der Waals surface area contributed by atoms with Crippen molar-refractivity contribution in [3.8, 4) is 0 Å². The highest BCUT2D eigenvalue weighted by molar-refractivity contribution is 6.31. The molecule has 0 amide bonds. The second-order valence-corrected chi connectivity index (χ2v) is 3.97. The first-order valence-electron chi connectivity index (χ1n) is 4.94. The van der Waals surface area contributed by atoms with Gasteiger partial charge in [-0.25, -0.2) is 4.68 Å². The van der Waals surface area contributed by atoms with Crippen LogP contribution in [0.5, 0.6) is 0 Å². The first-order chi connectivity index (χ1) is 7.68. The van der Waals surface area contributed by atoms with Gasteiger partial charge in [-0.2, -0.15) is 5.10 Å². The Hall–Kier alpha value is -1.61. The molecular formula is C12H11ClN2O. The van der Waals surface area contributed by atoms with Crippen molar-refractivity contribution in [2.24, 2.45) is 0 Å². The molecule has 0 saturated heterocycles. The Balaban J connectivity index is 2.37. The van der Waals surface area contributed by atoms with E-state index in [9.17, 15) is 4.79 Å². The maximum Gasteiger partial charge on any atom is 0.271 e. The third-order valence-electron chi connectivity index (χ3n) is 2.40. The SMILES string of the molecule is Cc1c(Cl)cnn(Cc2ccccc2)c1=O. The fourth-order valence-electron chi connectivity index (χ4n) is 1.43. The standard InChI is InChI=1S/C12H11ClN2O/c1-9-11(13)7-14-15(12(9)16)8-10-5-3-2-4-6-10/h2-7H,8H2,1H3. The van der Waals surface area contributed by atoms with E-state index in [1.807, 2.05) is 30.3 Å². The Morgan fingerprint density at radius 2 is 2.00 bits per heavy atom. The van der Waals surface area contributed by atoms with Crippen LogP contribution in [0.4, 0.5) is 0 Å². The van der Waals surface area contributed by atoms with Gasteiger partial charge < -0.3 is 0 Å². The summed E-state index contributed by atoms with van der Waals surface area (Å²) in [6.45, 7) is 2.17. The van der Waals surface area contributed by atoms with Crippen molar-refractivity contribution in [1.29, 1.82) is 0 Å². The lowest BCUT2D eigenvalue weighted by Crippen LogP contribution is -2.25. The fourth-order valence-corrected chi connectivity index (χ4v) is 1.56. The van der Waals surface area contributed by atoms with Gasteiger partial charge in [-0.1, -0.05) is 41.9 Å². The predicted molar refractivity (Wildman–Crippen MR) is 63.8 cm³/mol. The Bertz CT molecular complexity index is 549. The Labute approximate surface area is 98.3 Å². The van der Waals surface area contributed by atoms with Crippen molar-refractivity contribution in [3.63, 3.8) is 0 Å². The van der Waals surface area contributed by atoms with E-state index in [1.165, 1.54) is 10.9 Å². The molecular weight excluding hydrogens is 224 g/mol. The third kappa shape index (κ3) is 2.14. The zero-order chi connectivity index (χ0) is 11.5. The molecule has 1 aromatic carbocycles. The molecule has 16 heavy (non-hydrogen) atoms. The highest BCUT2D eigenvalue weighted by Crippen LogP contribution is 2.08. The lowest BCUT2D eigenvalue weighted by Gasteiger charge is -2.05. The minimum absolute atomic E-state index is 0.142. The highest BCUT2D eigenvalue weighted by atomic mass is 35.5. The zero-order valence-electron chi connectivity index (χ0n) is 8.85. The van der Waals surface area contributed by atoms with Crippen molar-refractivity contribution in [3.05, 3.63) is 63.0 Å². The van der Waals surface area contributed by atoms with E-state index in [-0.39, 0.29) is 5.56 Å². The molecule has 4 heteroatoms. The molecule has 0 N–H and O–H groups in total. The molecule has 0 saturated carbocycles. The number of rotatable bonds is 2. The van der Waals surface area contributed by atoms with Crippen LogP contribution in [0.15, 0.2) is 41.3 Å². The van der Waals surface area contributed by atoms with Gasteiger partial charge in [-0.15, -0.1) is 0 Å².